The highest BCUT2D eigenvalue weighted by molar-refractivity contribution is 5.56. The second kappa shape index (κ2) is 5.44. The third-order valence-electron chi connectivity index (χ3n) is 4.67. The highest BCUT2D eigenvalue weighted by Crippen LogP contribution is 2.36. The molecule has 1 aromatic rings. The summed E-state index contributed by atoms with van der Waals surface area (Å²) in [5, 5.41) is 3.47. The molecule has 1 heterocycles. The molecule has 104 valence electrons. The summed E-state index contributed by atoms with van der Waals surface area (Å²) in [5.74, 6) is 1.03. The van der Waals surface area contributed by atoms with Gasteiger partial charge in [-0.2, -0.15) is 0 Å². The van der Waals surface area contributed by atoms with E-state index < -0.39 is 0 Å². The van der Waals surface area contributed by atoms with Crippen molar-refractivity contribution in [3.05, 3.63) is 23.8 Å². The van der Waals surface area contributed by atoms with Gasteiger partial charge in [-0.3, -0.25) is 0 Å². The summed E-state index contributed by atoms with van der Waals surface area (Å²) in [5.41, 5.74) is 3.10. The van der Waals surface area contributed by atoms with Gasteiger partial charge >= 0.3 is 0 Å². The maximum absolute atomic E-state index is 6.07. The molecule has 2 aliphatic rings. The molecule has 0 saturated heterocycles. The number of rotatable bonds is 3. The number of ether oxygens (including phenoxy) is 1. The van der Waals surface area contributed by atoms with Gasteiger partial charge in [-0.1, -0.05) is 32.3 Å². The second-order valence-corrected chi connectivity index (χ2v) is 6.51. The molecule has 0 aromatic heterocycles. The van der Waals surface area contributed by atoms with Crippen LogP contribution >= 0.6 is 0 Å². The van der Waals surface area contributed by atoms with E-state index in [1.54, 1.807) is 0 Å². The zero-order valence-electron chi connectivity index (χ0n) is 12.0. The lowest BCUT2D eigenvalue weighted by molar-refractivity contribution is 0.116. The van der Waals surface area contributed by atoms with Crippen LogP contribution in [0.1, 0.15) is 51.0 Å². The molecule has 1 aromatic carbocycles. The number of benzene rings is 1. The summed E-state index contributed by atoms with van der Waals surface area (Å²) in [4.78, 5) is 0. The number of hydrogen-bond acceptors (Lipinski definition) is 2. The minimum Gasteiger partial charge on any atom is -0.493 e. The van der Waals surface area contributed by atoms with E-state index in [4.69, 9.17) is 4.74 Å². The Bertz CT molecular complexity index is 435. The van der Waals surface area contributed by atoms with E-state index >= 15 is 0 Å². The van der Waals surface area contributed by atoms with Crippen LogP contribution in [0.3, 0.4) is 0 Å². The Balaban J connectivity index is 1.63. The van der Waals surface area contributed by atoms with Gasteiger partial charge in [0.1, 0.15) is 5.75 Å². The average Bonchev–Trinajstić information content (AvgIpc) is 2.46. The van der Waals surface area contributed by atoms with Crippen LogP contribution in [0, 0.1) is 5.41 Å². The van der Waals surface area contributed by atoms with Crippen molar-refractivity contribution in [2.75, 3.05) is 18.5 Å². The maximum Gasteiger partial charge on any atom is 0.121 e. The smallest absolute Gasteiger partial charge is 0.121 e. The predicted molar refractivity (Wildman–Crippen MR) is 79.9 cm³/mol. The van der Waals surface area contributed by atoms with Crippen LogP contribution < -0.4 is 10.1 Å². The van der Waals surface area contributed by atoms with Crippen molar-refractivity contribution in [3.8, 4) is 5.75 Å². The van der Waals surface area contributed by atoms with E-state index in [1.807, 2.05) is 0 Å². The summed E-state index contributed by atoms with van der Waals surface area (Å²) in [6, 6.07) is 6.54. The lowest BCUT2D eigenvalue weighted by Crippen LogP contribution is -2.27. The Hall–Kier alpha value is -1.18. The molecule has 1 fully saturated rings. The van der Waals surface area contributed by atoms with E-state index in [1.165, 1.54) is 56.2 Å². The van der Waals surface area contributed by atoms with Crippen LogP contribution in [0.4, 0.5) is 5.69 Å². The Kier molecular flexibility index (Phi) is 3.67. The fraction of sp³-hybridized carbons (Fsp3) is 0.647. The summed E-state index contributed by atoms with van der Waals surface area (Å²) in [6.07, 6.45) is 9.20. The van der Waals surface area contributed by atoms with Crippen molar-refractivity contribution in [2.24, 2.45) is 5.41 Å². The Morgan fingerprint density at radius 3 is 2.84 bits per heavy atom. The van der Waals surface area contributed by atoms with Crippen LogP contribution in [0.25, 0.3) is 0 Å². The molecule has 2 nitrogen and oxygen atoms in total. The van der Waals surface area contributed by atoms with Crippen molar-refractivity contribution in [2.45, 2.75) is 51.9 Å². The zero-order chi connectivity index (χ0) is 13.1. The van der Waals surface area contributed by atoms with E-state index in [0.717, 1.165) is 18.9 Å². The molecule has 1 saturated carbocycles. The van der Waals surface area contributed by atoms with Crippen LogP contribution in [0.2, 0.25) is 0 Å². The number of anilines is 1. The monoisotopic (exact) mass is 259 g/mol. The first-order valence-electron chi connectivity index (χ1n) is 7.75. The van der Waals surface area contributed by atoms with Gasteiger partial charge < -0.3 is 10.1 Å². The first-order chi connectivity index (χ1) is 9.25. The van der Waals surface area contributed by atoms with Crippen LogP contribution in [0.5, 0.6) is 5.75 Å². The lowest BCUT2D eigenvalue weighted by atomic mass is 9.76. The van der Waals surface area contributed by atoms with Crippen molar-refractivity contribution < 1.29 is 4.74 Å². The van der Waals surface area contributed by atoms with Crippen molar-refractivity contribution in [3.63, 3.8) is 0 Å². The van der Waals surface area contributed by atoms with Crippen LogP contribution in [0.15, 0.2) is 18.2 Å². The van der Waals surface area contributed by atoms with Gasteiger partial charge in [0.15, 0.2) is 0 Å². The summed E-state index contributed by atoms with van der Waals surface area (Å²) >= 11 is 0. The molecule has 1 aliphatic carbocycles. The molecule has 3 rings (SSSR count). The van der Waals surface area contributed by atoms with Gasteiger partial charge in [-0.05, 0) is 37.3 Å². The van der Waals surface area contributed by atoms with E-state index in [2.05, 4.69) is 30.4 Å². The Morgan fingerprint density at radius 2 is 2.00 bits per heavy atom. The summed E-state index contributed by atoms with van der Waals surface area (Å²) < 4.78 is 6.07. The van der Waals surface area contributed by atoms with Crippen molar-refractivity contribution in [1.82, 2.24) is 0 Å². The fourth-order valence-electron chi connectivity index (χ4n) is 3.34. The highest BCUT2D eigenvalue weighted by atomic mass is 16.5. The third kappa shape index (κ3) is 3.05. The van der Waals surface area contributed by atoms with Crippen molar-refractivity contribution >= 4 is 5.69 Å². The standard InChI is InChI=1S/C17H25NO/c1-17(9-3-2-4-10-17)13-19-15-8-7-14-6-5-11-18-16(14)12-15/h7-8,12,18H,2-6,9-11,13H2,1H3. The quantitative estimate of drug-likeness (QED) is 0.869. The van der Waals surface area contributed by atoms with Crippen LogP contribution in [-0.2, 0) is 6.42 Å². The molecule has 1 aliphatic heterocycles. The maximum atomic E-state index is 6.07. The molecule has 0 atom stereocenters. The van der Waals surface area contributed by atoms with Gasteiger partial charge in [0, 0.05) is 23.7 Å². The predicted octanol–water partition coefficient (Wildman–Crippen LogP) is 4.39. The first-order valence-corrected chi connectivity index (χ1v) is 7.75. The molecular weight excluding hydrogens is 234 g/mol. The van der Waals surface area contributed by atoms with E-state index in [-0.39, 0.29) is 0 Å². The molecular formula is C17H25NO. The highest BCUT2D eigenvalue weighted by Gasteiger charge is 2.27. The molecule has 19 heavy (non-hydrogen) atoms. The Morgan fingerprint density at radius 1 is 1.16 bits per heavy atom. The average molecular weight is 259 g/mol. The van der Waals surface area contributed by atoms with Gasteiger partial charge in [-0.15, -0.1) is 0 Å². The first kappa shape index (κ1) is 12.8. The number of aryl methyl sites for hydroxylation is 1. The third-order valence-corrected chi connectivity index (χ3v) is 4.67. The minimum absolute atomic E-state index is 0.390. The molecule has 0 radical (unpaired) electrons. The molecule has 0 amide bonds. The summed E-state index contributed by atoms with van der Waals surface area (Å²) in [6.45, 7) is 4.34. The molecule has 0 unspecified atom stereocenters. The topological polar surface area (TPSA) is 21.3 Å². The van der Waals surface area contributed by atoms with Gasteiger partial charge in [0.25, 0.3) is 0 Å². The molecule has 1 N–H and O–H groups in total. The minimum atomic E-state index is 0.390. The van der Waals surface area contributed by atoms with E-state index in [0.29, 0.717) is 5.41 Å². The van der Waals surface area contributed by atoms with E-state index in [9.17, 15) is 0 Å². The molecule has 0 spiro atoms. The Labute approximate surface area is 116 Å². The van der Waals surface area contributed by atoms with Crippen LogP contribution in [-0.4, -0.2) is 13.2 Å². The summed E-state index contributed by atoms with van der Waals surface area (Å²) in [7, 11) is 0. The number of hydrogen-bond donors (Lipinski definition) is 1. The van der Waals surface area contributed by atoms with Gasteiger partial charge in [-0.25, -0.2) is 0 Å². The largest absolute Gasteiger partial charge is 0.493 e. The fourth-order valence-corrected chi connectivity index (χ4v) is 3.34. The number of nitrogens with one attached hydrogen (secondary N) is 1. The number of fused-ring (bicyclic) bond motifs is 1. The van der Waals surface area contributed by atoms with Gasteiger partial charge in [0.05, 0.1) is 6.61 Å². The molecule has 0 bridgehead atoms. The van der Waals surface area contributed by atoms with Crippen molar-refractivity contribution in [1.29, 1.82) is 0 Å². The normalized spacial score (nSPS) is 21.3. The zero-order valence-corrected chi connectivity index (χ0v) is 12.0. The molecule has 2 heteroatoms. The second-order valence-electron chi connectivity index (χ2n) is 6.51. The SMILES string of the molecule is CC1(COc2ccc3c(c2)NCCC3)CCCCC1. The van der Waals surface area contributed by atoms with Gasteiger partial charge in [0.2, 0.25) is 0 Å². The lowest BCUT2D eigenvalue weighted by Gasteiger charge is -2.33.